The summed E-state index contributed by atoms with van der Waals surface area (Å²) in [5.74, 6) is -1.36. The third kappa shape index (κ3) is 8.92. The molecule has 2 N–H and O–H groups in total. The molecule has 6 heteroatoms. The molecule has 0 unspecified atom stereocenters. The Morgan fingerprint density at radius 2 is 1.73 bits per heavy atom. The number of carbonyl (C=O) groups is 2. The van der Waals surface area contributed by atoms with Crippen molar-refractivity contribution in [2.75, 3.05) is 13.2 Å². The first kappa shape index (κ1) is 13.6. The van der Waals surface area contributed by atoms with E-state index in [2.05, 4.69) is 9.47 Å². The van der Waals surface area contributed by atoms with E-state index in [0.717, 1.165) is 12.2 Å². The van der Waals surface area contributed by atoms with E-state index >= 15 is 0 Å². The van der Waals surface area contributed by atoms with Crippen molar-refractivity contribution >= 4 is 11.9 Å². The van der Waals surface area contributed by atoms with E-state index in [-0.39, 0.29) is 19.6 Å². The fourth-order valence-electron chi connectivity index (χ4n) is 0.639. The highest BCUT2D eigenvalue weighted by Gasteiger charge is 2.02. The van der Waals surface area contributed by atoms with Crippen LogP contribution in [0, 0.1) is 0 Å². The van der Waals surface area contributed by atoms with Gasteiger partial charge in [-0.1, -0.05) is 0 Å². The monoisotopic (exact) mass is 218 g/mol. The molecule has 0 amide bonds. The van der Waals surface area contributed by atoms with E-state index in [4.69, 9.17) is 10.2 Å². The number of hydrogen-bond acceptors (Lipinski definition) is 6. The highest BCUT2D eigenvalue weighted by molar-refractivity contribution is 5.91. The molecule has 6 nitrogen and oxygen atoms in total. The Hall–Kier alpha value is -1.40. The van der Waals surface area contributed by atoms with Crippen molar-refractivity contribution in [1.82, 2.24) is 0 Å². The molecule has 0 aromatic carbocycles. The lowest BCUT2D eigenvalue weighted by molar-refractivity contribution is -0.142. The van der Waals surface area contributed by atoms with Crippen LogP contribution in [-0.4, -0.2) is 41.7 Å². The van der Waals surface area contributed by atoms with Gasteiger partial charge in [0.1, 0.15) is 0 Å². The van der Waals surface area contributed by atoms with E-state index in [9.17, 15) is 9.59 Å². The second-order valence-electron chi connectivity index (χ2n) is 2.52. The van der Waals surface area contributed by atoms with E-state index in [1.807, 2.05) is 0 Å². The van der Waals surface area contributed by atoms with Crippen LogP contribution in [0.1, 0.15) is 13.3 Å². The van der Waals surface area contributed by atoms with Crippen LogP contribution in [0.25, 0.3) is 0 Å². The Bertz CT molecular complexity index is 233. The fourth-order valence-corrected chi connectivity index (χ4v) is 0.639. The van der Waals surface area contributed by atoms with Crippen LogP contribution in [0.3, 0.4) is 0 Å². The van der Waals surface area contributed by atoms with Crippen LogP contribution in [0.5, 0.6) is 0 Å². The number of rotatable bonds is 6. The lowest BCUT2D eigenvalue weighted by atomic mass is 10.4. The van der Waals surface area contributed by atoms with E-state index < -0.39 is 18.2 Å². The summed E-state index contributed by atoms with van der Waals surface area (Å²) in [7, 11) is 0. The Morgan fingerprint density at radius 3 is 2.20 bits per heavy atom. The molecule has 0 rings (SSSR count). The molecule has 0 fully saturated rings. The van der Waals surface area contributed by atoms with Crippen LogP contribution in [0.15, 0.2) is 12.2 Å². The number of esters is 2. The third-order valence-corrected chi connectivity index (χ3v) is 1.26. The smallest absolute Gasteiger partial charge is 0.331 e. The topological polar surface area (TPSA) is 93.1 Å². The largest absolute Gasteiger partial charge is 0.463 e. The van der Waals surface area contributed by atoms with Gasteiger partial charge < -0.3 is 19.7 Å². The molecule has 15 heavy (non-hydrogen) atoms. The van der Waals surface area contributed by atoms with Crippen molar-refractivity contribution in [2.24, 2.45) is 0 Å². The van der Waals surface area contributed by atoms with Crippen molar-refractivity contribution < 1.29 is 29.3 Å². The molecule has 0 aliphatic rings. The van der Waals surface area contributed by atoms with Gasteiger partial charge in [-0.3, -0.25) is 0 Å². The number of ether oxygens (including phenoxy) is 2. The zero-order valence-corrected chi connectivity index (χ0v) is 8.38. The van der Waals surface area contributed by atoms with Gasteiger partial charge in [0.05, 0.1) is 13.2 Å². The van der Waals surface area contributed by atoms with Crippen LogP contribution >= 0.6 is 0 Å². The van der Waals surface area contributed by atoms with Gasteiger partial charge in [0.15, 0.2) is 6.29 Å². The van der Waals surface area contributed by atoms with Gasteiger partial charge in [0, 0.05) is 18.6 Å². The van der Waals surface area contributed by atoms with Crippen LogP contribution in [0.2, 0.25) is 0 Å². The molecule has 0 aromatic heterocycles. The molecular formula is C9H14O6. The number of aliphatic hydroxyl groups excluding tert-OH is 1. The van der Waals surface area contributed by atoms with E-state index in [0.29, 0.717) is 0 Å². The maximum absolute atomic E-state index is 10.9. The van der Waals surface area contributed by atoms with Gasteiger partial charge in [0.2, 0.25) is 0 Å². The molecule has 0 aliphatic heterocycles. The van der Waals surface area contributed by atoms with Gasteiger partial charge >= 0.3 is 11.9 Å². The van der Waals surface area contributed by atoms with Crippen LogP contribution < -0.4 is 0 Å². The Kier molecular flexibility index (Phi) is 7.21. The zero-order valence-electron chi connectivity index (χ0n) is 8.38. The average molecular weight is 218 g/mol. The van der Waals surface area contributed by atoms with Crippen molar-refractivity contribution in [1.29, 1.82) is 0 Å². The normalized spacial score (nSPS) is 10.7. The molecule has 0 aliphatic carbocycles. The van der Waals surface area contributed by atoms with E-state index in [1.54, 1.807) is 6.92 Å². The van der Waals surface area contributed by atoms with Gasteiger partial charge in [-0.25, -0.2) is 9.59 Å². The molecule has 0 bridgehead atoms. The first-order valence-electron chi connectivity index (χ1n) is 4.44. The van der Waals surface area contributed by atoms with Gasteiger partial charge in [-0.05, 0) is 6.92 Å². The maximum atomic E-state index is 10.9. The molecule has 0 radical (unpaired) electrons. The molecule has 0 saturated carbocycles. The minimum Gasteiger partial charge on any atom is -0.463 e. The van der Waals surface area contributed by atoms with Gasteiger partial charge in [-0.15, -0.1) is 0 Å². The predicted molar refractivity (Wildman–Crippen MR) is 49.6 cm³/mol. The lowest BCUT2D eigenvalue weighted by Gasteiger charge is -2.02. The molecule has 0 saturated heterocycles. The number of carbonyl (C=O) groups excluding carboxylic acids is 2. The van der Waals surface area contributed by atoms with Crippen LogP contribution in [-0.2, 0) is 19.1 Å². The quantitative estimate of drug-likeness (QED) is 0.349. The van der Waals surface area contributed by atoms with Gasteiger partial charge in [-0.2, -0.15) is 0 Å². The number of aliphatic hydroxyl groups is 2. The molecule has 0 spiro atoms. The SMILES string of the molecule is CCOC(=O)/C=C\C(=O)OCCC(O)O. The van der Waals surface area contributed by atoms with E-state index in [1.165, 1.54) is 0 Å². The summed E-state index contributed by atoms with van der Waals surface area (Å²) in [6.45, 7) is 1.76. The first-order chi connectivity index (χ1) is 7.06. The lowest BCUT2D eigenvalue weighted by Crippen LogP contribution is -2.11. The van der Waals surface area contributed by atoms with Crippen molar-refractivity contribution in [2.45, 2.75) is 19.6 Å². The van der Waals surface area contributed by atoms with Crippen molar-refractivity contribution in [3.05, 3.63) is 12.2 Å². The summed E-state index contributed by atoms with van der Waals surface area (Å²) in [4.78, 5) is 21.6. The van der Waals surface area contributed by atoms with Crippen LogP contribution in [0.4, 0.5) is 0 Å². The second kappa shape index (κ2) is 7.95. The average Bonchev–Trinajstić information content (AvgIpc) is 2.14. The Labute approximate surface area is 87.1 Å². The highest BCUT2D eigenvalue weighted by atomic mass is 16.5. The predicted octanol–water partition coefficient (Wildman–Crippen LogP) is -0.650. The second-order valence-corrected chi connectivity index (χ2v) is 2.52. The fraction of sp³-hybridized carbons (Fsp3) is 0.556. The first-order valence-corrected chi connectivity index (χ1v) is 4.44. The molecule has 86 valence electrons. The summed E-state index contributed by atoms with van der Waals surface area (Å²) in [5, 5.41) is 16.9. The Balaban J connectivity index is 3.68. The standard InChI is InChI=1S/C9H14O6/c1-2-14-8(12)3-4-9(13)15-6-5-7(10)11/h3-4,7,10-11H,2,5-6H2,1H3/b4-3-. The summed E-state index contributed by atoms with van der Waals surface area (Å²) in [6.07, 6.45) is 0.286. The summed E-state index contributed by atoms with van der Waals surface area (Å²) in [5.41, 5.74) is 0. The summed E-state index contributed by atoms with van der Waals surface area (Å²) >= 11 is 0. The summed E-state index contributed by atoms with van der Waals surface area (Å²) in [6, 6.07) is 0. The molecule has 0 aromatic rings. The third-order valence-electron chi connectivity index (χ3n) is 1.26. The maximum Gasteiger partial charge on any atom is 0.331 e. The van der Waals surface area contributed by atoms with Gasteiger partial charge in [0.25, 0.3) is 0 Å². The highest BCUT2D eigenvalue weighted by Crippen LogP contribution is 1.90. The van der Waals surface area contributed by atoms with Crippen molar-refractivity contribution in [3.63, 3.8) is 0 Å². The number of hydrogen-bond donors (Lipinski definition) is 2. The Morgan fingerprint density at radius 1 is 1.20 bits per heavy atom. The molecule has 0 heterocycles. The minimum absolute atomic E-state index is 0.0704. The molecular weight excluding hydrogens is 204 g/mol. The summed E-state index contributed by atoms with van der Waals surface area (Å²) < 4.78 is 9.05. The zero-order chi connectivity index (χ0) is 11.7. The molecule has 0 atom stereocenters. The minimum atomic E-state index is -1.51. The van der Waals surface area contributed by atoms with Crippen molar-refractivity contribution in [3.8, 4) is 0 Å².